The first kappa shape index (κ1) is 19.0. The Morgan fingerprint density at radius 3 is 2.41 bits per heavy atom. The van der Waals surface area contributed by atoms with Gasteiger partial charge >= 0.3 is 0 Å². The molecule has 27 heavy (non-hydrogen) atoms. The lowest BCUT2D eigenvalue weighted by atomic mass is 10.2. The zero-order valence-electron chi connectivity index (χ0n) is 15.0. The summed E-state index contributed by atoms with van der Waals surface area (Å²) in [6.07, 6.45) is 3.40. The van der Waals surface area contributed by atoms with Crippen LogP contribution in [0, 0.1) is 0 Å². The number of hydrogen-bond donors (Lipinski definition) is 1. The summed E-state index contributed by atoms with van der Waals surface area (Å²) in [5.74, 6) is 0.295. The van der Waals surface area contributed by atoms with Crippen LogP contribution in [0.15, 0.2) is 60.0 Å². The first-order valence-corrected chi connectivity index (χ1v) is 10.2. The number of anilines is 1. The van der Waals surface area contributed by atoms with Gasteiger partial charge in [0.2, 0.25) is 5.91 Å². The van der Waals surface area contributed by atoms with E-state index in [1.165, 1.54) is 13.2 Å². The van der Waals surface area contributed by atoms with E-state index >= 15 is 0 Å². The van der Waals surface area contributed by atoms with Gasteiger partial charge in [0.05, 0.1) is 18.2 Å². The Morgan fingerprint density at radius 2 is 1.81 bits per heavy atom. The maximum Gasteiger partial charge on any atom is 0.257 e. The number of amides is 1. The van der Waals surface area contributed by atoms with Gasteiger partial charge < -0.3 is 10.1 Å². The molecule has 0 saturated heterocycles. The Morgan fingerprint density at radius 1 is 1.15 bits per heavy atom. The molecule has 0 aliphatic heterocycles. The summed E-state index contributed by atoms with van der Waals surface area (Å²) in [6, 6.07) is 15.9. The predicted molar refractivity (Wildman–Crippen MR) is 106 cm³/mol. The number of rotatable bonds is 8. The van der Waals surface area contributed by atoms with E-state index < -0.39 is 10.0 Å². The van der Waals surface area contributed by atoms with E-state index in [0.29, 0.717) is 11.4 Å². The van der Waals surface area contributed by atoms with E-state index in [4.69, 9.17) is 4.74 Å². The SMILES string of the molecule is COc1ccc(N(CC(=O)NC2CC2)S(=O)(=O)C=Cc2ccccc2)cc1. The lowest BCUT2D eigenvalue weighted by Crippen LogP contribution is -2.40. The van der Waals surface area contributed by atoms with Crippen molar-refractivity contribution in [2.24, 2.45) is 0 Å². The third-order valence-corrected chi connectivity index (χ3v) is 5.56. The van der Waals surface area contributed by atoms with Crippen LogP contribution in [0.3, 0.4) is 0 Å². The van der Waals surface area contributed by atoms with Gasteiger partial charge in [0.25, 0.3) is 10.0 Å². The molecule has 0 unspecified atom stereocenters. The zero-order valence-corrected chi connectivity index (χ0v) is 15.9. The highest BCUT2D eigenvalue weighted by Crippen LogP contribution is 2.24. The molecular formula is C20H22N2O4S. The van der Waals surface area contributed by atoms with Crippen molar-refractivity contribution >= 4 is 27.7 Å². The second-order valence-corrected chi connectivity index (χ2v) is 8.05. The van der Waals surface area contributed by atoms with Crippen molar-refractivity contribution in [1.29, 1.82) is 0 Å². The number of carbonyl (C=O) groups excluding carboxylic acids is 1. The third kappa shape index (κ3) is 5.34. The van der Waals surface area contributed by atoms with Crippen LogP contribution in [0.25, 0.3) is 6.08 Å². The van der Waals surface area contributed by atoms with Crippen LogP contribution in [0.1, 0.15) is 18.4 Å². The minimum atomic E-state index is -3.85. The molecule has 1 aliphatic rings. The van der Waals surface area contributed by atoms with Crippen molar-refractivity contribution < 1.29 is 17.9 Å². The van der Waals surface area contributed by atoms with Crippen LogP contribution in [-0.4, -0.2) is 34.0 Å². The van der Waals surface area contributed by atoms with Crippen molar-refractivity contribution in [3.05, 3.63) is 65.6 Å². The highest BCUT2D eigenvalue weighted by molar-refractivity contribution is 7.95. The Balaban J connectivity index is 1.86. The Bertz CT molecular complexity index is 905. The van der Waals surface area contributed by atoms with Crippen molar-refractivity contribution in [2.45, 2.75) is 18.9 Å². The molecule has 3 rings (SSSR count). The van der Waals surface area contributed by atoms with Gasteiger partial charge in [-0.1, -0.05) is 30.3 Å². The maximum absolute atomic E-state index is 12.9. The smallest absolute Gasteiger partial charge is 0.257 e. The molecule has 1 amide bonds. The Kier molecular flexibility index (Phi) is 5.81. The highest BCUT2D eigenvalue weighted by Gasteiger charge is 2.27. The summed E-state index contributed by atoms with van der Waals surface area (Å²) in [4.78, 5) is 12.3. The molecule has 0 bridgehead atoms. The van der Waals surface area contributed by atoms with Crippen LogP contribution in [0.5, 0.6) is 5.75 Å². The summed E-state index contributed by atoms with van der Waals surface area (Å²) in [5, 5.41) is 3.95. The second-order valence-electron chi connectivity index (χ2n) is 6.30. The number of ether oxygens (including phenoxy) is 1. The summed E-state index contributed by atoms with van der Waals surface area (Å²) in [5.41, 5.74) is 1.16. The standard InChI is InChI=1S/C20H22N2O4S/c1-26-19-11-9-18(10-12-19)22(15-20(23)21-17-7-8-17)27(24,25)14-13-16-5-3-2-4-6-16/h2-6,9-14,17H,7-8,15H2,1H3,(H,21,23). The maximum atomic E-state index is 12.9. The summed E-state index contributed by atoms with van der Waals surface area (Å²) >= 11 is 0. The molecule has 142 valence electrons. The summed E-state index contributed by atoms with van der Waals surface area (Å²) in [7, 11) is -2.32. The van der Waals surface area contributed by atoms with E-state index in [2.05, 4.69) is 5.32 Å². The minimum Gasteiger partial charge on any atom is -0.497 e. The van der Waals surface area contributed by atoms with E-state index in [1.54, 1.807) is 24.3 Å². The average molecular weight is 386 g/mol. The van der Waals surface area contributed by atoms with Gasteiger partial charge in [0.15, 0.2) is 0 Å². The molecule has 0 heterocycles. The van der Waals surface area contributed by atoms with Crippen molar-refractivity contribution in [2.75, 3.05) is 18.0 Å². The fraction of sp³-hybridized carbons (Fsp3) is 0.250. The number of carbonyl (C=O) groups is 1. The monoisotopic (exact) mass is 386 g/mol. The Hall–Kier alpha value is -2.80. The van der Waals surface area contributed by atoms with Gasteiger partial charge in [-0.2, -0.15) is 0 Å². The molecular weight excluding hydrogens is 364 g/mol. The van der Waals surface area contributed by atoms with Gasteiger partial charge in [-0.3, -0.25) is 9.10 Å². The highest BCUT2D eigenvalue weighted by atomic mass is 32.2. The fourth-order valence-corrected chi connectivity index (χ4v) is 3.70. The average Bonchev–Trinajstić information content (AvgIpc) is 3.49. The molecule has 0 atom stereocenters. The van der Waals surface area contributed by atoms with Crippen LogP contribution in [0.4, 0.5) is 5.69 Å². The van der Waals surface area contributed by atoms with Gasteiger partial charge in [-0.25, -0.2) is 8.42 Å². The number of sulfonamides is 1. The van der Waals surface area contributed by atoms with E-state index in [0.717, 1.165) is 28.1 Å². The lowest BCUT2D eigenvalue weighted by Gasteiger charge is -2.22. The fourth-order valence-electron chi connectivity index (χ4n) is 2.51. The number of nitrogens with one attached hydrogen (secondary N) is 1. The molecule has 1 fully saturated rings. The van der Waals surface area contributed by atoms with Crippen LogP contribution >= 0.6 is 0 Å². The van der Waals surface area contributed by atoms with Crippen molar-refractivity contribution in [3.63, 3.8) is 0 Å². The minimum absolute atomic E-state index is 0.165. The largest absolute Gasteiger partial charge is 0.497 e. The molecule has 0 spiro atoms. The number of benzene rings is 2. The number of nitrogens with zero attached hydrogens (tertiary/aromatic N) is 1. The summed E-state index contributed by atoms with van der Waals surface area (Å²) < 4.78 is 32.1. The number of methoxy groups -OCH3 is 1. The predicted octanol–water partition coefficient (Wildman–Crippen LogP) is 2.78. The van der Waals surface area contributed by atoms with Crippen molar-refractivity contribution in [3.8, 4) is 5.75 Å². The van der Waals surface area contributed by atoms with Crippen LogP contribution < -0.4 is 14.4 Å². The zero-order chi connectivity index (χ0) is 19.3. The van der Waals surface area contributed by atoms with Crippen LogP contribution in [-0.2, 0) is 14.8 Å². The summed E-state index contributed by atoms with van der Waals surface area (Å²) in [6.45, 7) is -0.274. The molecule has 0 aromatic heterocycles. The third-order valence-electron chi connectivity index (χ3n) is 4.13. The van der Waals surface area contributed by atoms with Crippen molar-refractivity contribution in [1.82, 2.24) is 5.32 Å². The molecule has 1 saturated carbocycles. The normalized spacial score (nSPS) is 14.1. The van der Waals surface area contributed by atoms with E-state index in [9.17, 15) is 13.2 Å². The molecule has 1 aliphatic carbocycles. The van der Waals surface area contributed by atoms with Gasteiger partial charge in [0, 0.05) is 6.04 Å². The van der Waals surface area contributed by atoms with Gasteiger partial charge in [-0.05, 0) is 48.7 Å². The van der Waals surface area contributed by atoms with E-state index in [1.807, 2.05) is 30.3 Å². The lowest BCUT2D eigenvalue weighted by molar-refractivity contribution is -0.119. The topological polar surface area (TPSA) is 75.7 Å². The van der Waals surface area contributed by atoms with E-state index in [-0.39, 0.29) is 18.5 Å². The van der Waals surface area contributed by atoms with Gasteiger partial charge in [-0.15, -0.1) is 0 Å². The quantitative estimate of drug-likeness (QED) is 0.757. The second kappa shape index (κ2) is 8.26. The molecule has 2 aromatic rings. The van der Waals surface area contributed by atoms with Gasteiger partial charge in [0.1, 0.15) is 12.3 Å². The first-order valence-electron chi connectivity index (χ1n) is 8.67. The molecule has 2 aromatic carbocycles. The molecule has 0 radical (unpaired) electrons. The Labute approximate surface area is 159 Å². The van der Waals surface area contributed by atoms with Crippen LogP contribution in [0.2, 0.25) is 0 Å². The first-order chi connectivity index (χ1) is 13.0. The molecule has 6 nitrogen and oxygen atoms in total. The number of hydrogen-bond acceptors (Lipinski definition) is 4. The molecule has 1 N–H and O–H groups in total. The molecule has 7 heteroatoms.